The second kappa shape index (κ2) is 7.93. The average Bonchev–Trinajstić information content (AvgIpc) is 3.08. The molecule has 0 aliphatic carbocycles. The van der Waals surface area contributed by atoms with E-state index in [0.717, 1.165) is 16.5 Å². The van der Waals surface area contributed by atoms with E-state index in [1.165, 1.54) is 0 Å². The quantitative estimate of drug-likeness (QED) is 0.650. The molecule has 0 fully saturated rings. The fourth-order valence-corrected chi connectivity index (χ4v) is 2.53. The largest absolute Gasteiger partial charge is 0.497 e. The van der Waals surface area contributed by atoms with Gasteiger partial charge in [-0.3, -0.25) is 4.79 Å². The van der Waals surface area contributed by atoms with E-state index in [4.69, 9.17) is 21.1 Å². The molecule has 1 amide bonds. The molecule has 0 aliphatic rings. The number of rotatable bonds is 6. The number of hydrogen-bond donors (Lipinski definition) is 2. The minimum Gasteiger partial charge on any atom is -0.497 e. The summed E-state index contributed by atoms with van der Waals surface area (Å²) in [5.41, 5.74) is 1.93. The summed E-state index contributed by atoms with van der Waals surface area (Å²) >= 11 is 5.81. The zero-order valence-electron chi connectivity index (χ0n) is 14.0. The van der Waals surface area contributed by atoms with Gasteiger partial charge in [-0.15, -0.1) is 0 Å². The normalized spacial score (nSPS) is 10.5. The monoisotopic (exact) mass is 372 g/mol. The van der Waals surface area contributed by atoms with Crippen LogP contribution in [0.3, 0.4) is 0 Å². The molecule has 0 aliphatic heterocycles. The number of methoxy groups -OCH3 is 1. The van der Waals surface area contributed by atoms with Crippen molar-refractivity contribution in [3.05, 3.63) is 64.8 Å². The minimum atomic E-state index is -0.596. The van der Waals surface area contributed by atoms with E-state index in [0.29, 0.717) is 17.3 Å². The van der Waals surface area contributed by atoms with Crippen molar-refractivity contribution in [2.24, 2.45) is 0 Å². The van der Waals surface area contributed by atoms with Crippen LogP contribution in [-0.2, 0) is 16.1 Å². The van der Waals surface area contributed by atoms with E-state index in [1.807, 2.05) is 18.2 Å². The highest BCUT2D eigenvalue weighted by molar-refractivity contribution is 6.30. The van der Waals surface area contributed by atoms with Crippen molar-refractivity contribution < 1.29 is 19.1 Å². The van der Waals surface area contributed by atoms with Crippen molar-refractivity contribution in [2.45, 2.75) is 6.54 Å². The lowest BCUT2D eigenvalue weighted by atomic mass is 10.2. The van der Waals surface area contributed by atoms with Gasteiger partial charge in [0.15, 0.2) is 6.61 Å². The van der Waals surface area contributed by atoms with Gasteiger partial charge in [-0.2, -0.15) is 0 Å². The molecule has 6 nitrogen and oxygen atoms in total. The number of aromatic amines is 1. The Morgan fingerprint density at radius 2 is 1.88 bits per heavy atom. The molecule has 0 saturated carbocycles. The van der Waals surface area contributed by atoms with Crippen LogP contribution in [0.2, 0.25) is 5.02 Å². The zero-order valence-corrected chi connectivity index (χ0v) is 14.8. The summed E-state index contributed by atoms with van der Waals surface area (Å²) in [5.74, 6) is -0.297. The molecule has 0 spiro atoms. The molecule has 0 atom stereocenters. The summed E-state index contributed by atoms with van der Waals surface area (Å²) < 4.78 is 10.2. The average molecular weight is 373 g/mol. The summed E-state index contributed by atoms with van der Waals surface area (Å²) in [6.07, 6.45) is 0. The van der Waals surface area contributed by atoms with Crippen LogP contribution in [0, 0.1) is 0 Å². The molecule has 7 heteroatoms. The molecule has 3 aromatic rings. The summed E-state index contributed by atoms with van der Waals surface area (Å²) in [7, 11) is 1.57. The fourth-order valence-electron chi connectivity index (χ4n) is 2.41. The van der Waals surface area contributed by atoms with Crippen LogP contribution < -0.4 is 10.1 Å². The van der Waals surface area contributed by atoms with Crippen LogP contribution in [0.5, 0.6) is 5.75 Å². The van der Waals surface area contributed by atoms with E-state index in [9.17, 15) is 9.59 Å². The smallest absolute Gasteiger partial charge is 0.355 e. The van der Waals surface area contributed by atoms with Gasteiger partial charge in [-0.1, -0.05) is 23.7 Å². The van der Waals surface area contributed by atoms with Gasteiger partial charge in [0.1, 0.15) is 11.4 Å². The van der Waals surface area contributed by atoms with Crippen LogP contribution in [0.15, 0.2) is 48.5 Å². The summed E-state index contributed by atoms with van der Waals surface area (Å²) in [4.78, 5) is 26.9. The van der Waals surface area contributed by atoms with Gasteiger partial charge in [0.25, 0.3) is 5.91 Å². The number of benzene rings is 2. The van der Waals surface area contributed by atoms with Gasteiger partial charge in [0.2, 0.25) is 0 Å². The van der Waals surface area contributed by atoms with Crippen molar-refractivity contribution in [3.8, 4) is 5.75 Å². The highest BCUT2D eigenvalue weighted by atomic mass is 35.5. The standard InChI is InChI=1S/C19H17ClN2O4/c1-25-15-7-4-13-8-17(22-16(13)9-15)19(24)26-11-18(23)21-10-12-2-5-14(20)6-3-12/h2-9,22H,10-11H2,1H3,(H,21,23). The fraction of sp³-hybridized carbons (Fsp3) is 0.158. The van der Waals surface area contributed by atoms with Gasteiger partial charge in [0, 0.05) is 28.5 Å². The van der Waals surface area contributed by atoms with E-state index >= 15 is 0 Å². The van der Waals surface area contributed by atoms with Crippen LogP contribution in [0.4, 0.5) is 0 Å². The van der Waals surface area contributed by atoms with E-state index in [1.54, 1.807) is 37.4 Å². The minimum absolute atomic E-state index is 0.277. The first kappa shape index (κ1) is 17.8. The van der Waals surface area contributed by atoms with Gasteiger partial charge in [-0.05, 0) is 35.9 Å². The number of carbonyl (C=O) groups is 2. The number of nitrogens with one attached hydrogen (secondary N) is 2. The third kappa shape index (κ3) is 4.34. The van der Waals surface area contributed by atoms with Crippen molar-refractivity contribution in [2.75, 3.05) is 13.7 Å². The van der Waals surface area contributed by atoms with Gasteiger partial charge in [-0.25, -0.2) is 4.79 Å². The molecular formula is C19H17ClN2O4. The van der Waals surface area contributed by atoms with Crippen molar-refractivity contribution in [1.29, 1.82) is 0 Å². The molecule has 0 bridgehead atoms. The molecule has 0 unspecified atom stereocenters. The molecule has 134 valence electrons. The Balaban J connectivity index is 1.53. The molecule has 1 aromatic heterocycles. The lowest BCUT2D eigenvalue weighted by Gasteiger charge is -2.06. The lowest BCUT2D eigenvalue weighted by molar-refractivity contribution is -0.124. The number of carbonyl (C=O) groups excluding carboxylic acids is 2. The number of ether oxygens (including phenoxy) is 2. The molecule has 2 N–H and O–H groups in total. The number of aromatic nitrogens is 1. The summed E-state index contributed by atoms with van der Waals surface area (Å²) in [5, 5.41) is 4.16. The first-order chi connectivity index (χ1) is 12.5. The third-order valence-corrected chi connectivity index (χ3v) is 4.04. The van der Waals surface area contributed by atoms with E-state index < -0.39 is 5.97 Å². The predicted octanol–water partition coefficient (Wildman–Crippen LogP) is 3.30. The number of hydrogen-bond acceptors (Lipinski definition) is 4. The molecule has 2 aromatic carbocycles. The molecule has 3 rings (SSSR count). The Morgan fingerprint density at radius 3 is 2.62 bits per heavy atom. The Hall–Kier alpha value is -2.99. The van der Waals surface area contributed by atoms with Gasteiger partial charge in [0.05, 0.1) is 7.11 Å². The van der Waals surface area contributed by atoms with Gasteiger partial charge < -0.3 is 19.8 Å². The van der Waals surface area contributed by atoms with Crippen LogP contribution in [0.1, 0.15) is 16.1 Å². The van der Waals surface area contributed by atoms with Crippen LogP contribution >= 0.6 is 11.6 Å². The molecular weight excluding hydrogens is 356 g/mol. The highest BCUT2D eigenvalue weighted by Gasteiger charge is 2.13. The van der Waals surface area contributed by atoms with E-state index in [2.05, 4.69) is 10.3 Å². The first-order valence-corrected chi connectivity index (χ1v) is 8.28. The second-order valence-corrected chi connectivity index (χ2v) is 6.05. The summed E-state index contributed by atoms with van der Waals surface area (Å²) in [6, 6.07) is 14.2. The Bertz CT molecular complexity index is 934. The molecule has 26 heavy (non-hydrogen) atoms. The third-order valence-electron chi connectivity index (χ3n) is 3.79. The zero-order chi connectivity index (χ0) is 18.5. The molecule has 0 saturated heterocycles. The number of H-pyrrole nitrogens is 1. The topological polar surface area (TPSA) is 80.4 Å². The Morgan fingerprint density at radius 1 is 1.12 bits per heavy atom. The number of fused-ring (bicyclic) bond motifs is 1. The van der Waals surface area contributed by atoms with Crippen LogP contribution in [-0.4, -0.2) is 30.6 Å². The Labute approximate surface area is 155 Å². The maximum Gasteiger partial charge on any atom is 0.355 e. The van der Waals surface area contributed by atoms with Crippen molar-refractivity contribution in [1.82, 2.24) is 10.3 Å². The lowest BCUT2D eigenvalue weighted by Crippen LogP contribution is -2.28. The number of halogens is 1. The Kier molecular flexibility index (Phi) is 5.43. The SMILES string of the molecule is COc1ccc2cc(C(=O)OCC(=O)NCc3ccc(Cl)cc3)[nH]c2c1. The molecule has 0 radical (unpaired) electrons. The van der Waals surface area contributed by atoms with Crippen molar-refractivity contribution in [3.63, 3.8) is 0 Å². The number of amides is 1. The second-order valence-electron chi connectivity index (χ2n) is 5.62. The van der Waals surface area contributed by atoms with E-state index in [-0.39, 0.29) is 18.2 Å². The van der Waals surface area contributed by atoms with Gasteiger partial charge >= 0.3 is 5.97 Å². The number of esters is 1. The van der Waals surface area contributed by atoms with Crippen molar-refractivity contribution >= 4 is 34.4 Å². The first-order valence-electron chi connectivity index (χ1n) is 7.90. The maximum absolute atomic E-state index is 12.1. The maximum atomic E-state index is 12.1. The predicted molar refractivity (Wildman–Crippen MR) is 98.4 cm³/mol. The summed E-state index contributed by atoms with van der Waals surface area (Å²) in [6.45, 7) is -0.0230. The van der Waals surface area contributed by atoms with Crippen LogP contribution in [0.25, 0.3) is 10.9 Å². The molecule has 1 heterocycles. The highest BCUT2D eigenvalue weighted by Crippen LogP contribution is 2.21.